The van der Waals surface area contributed by atoms with Crippen LogP contribution in [-0.2, 0) is 17.5 Å². The van der Waals surface area contributed by atoms with Gasteiger partial charge in [0.25, 0.3) is 0 Å². The van der Waals surface area contributed by atoms with Crippen molar-refractivity contribution < 1.29 is 17.9 Å². The summed E-state index contributed by atoms with van der Waals surface area (Å²) in [5.41, 5.74) is 0.884. The number of anilines is 2. The third kappa shape index (κ3) is 4.70. The van der Waals surface area contributed by atoms with Crippen LogP contribution in [0.25, 0.3) is 0 Å². The van der Waals surface area contributed by atoms with Crippen LogP contribution < -0.4 is 10.2 Å². The van der Waals surface area contributed by atoms with E-state index in [0.717, 1.165) is 40.9 Å². The van der Waals surface area contributed by atoms with Crippen LogP contribution in [-0.4, -0.2) is 31.3 Å². The molecule has 0 aliphatic carbocycles. The second kappa shape index (κ2) is 8.15. The van der Waals surface area contributed by atoms with Gasteiger partial charge in [0.05, 0.1) is 18.8 Å². The SMILES string of the molecule is N#Cc1ccc(C(F)(F)F)nc1NCc1ccc(Br)cc1N1CCOCC1. The molecule has 0 saturated carbocycles. The lowest BCUT2D eigenvalue weighted by Gasteiger charge is -2.31. The minimum atomic E-state index is -4.57. The molecule has 27 heavy (non-hydrogen) atoms. The fourth-order valence-electron chi connectivity index (χ4n) is 2.81. The van der Waals surface area contributed by atoms with Crippen molar-refractivity contribution in [3.05, 3.63) is 51.6 Å². The minimum absolute atomic E-state index is 0.0630. The summed E-state index contributed by atoms with van der Waals surface area (Å²) in [4.78, 5) is 5.75. The summed E-state index contributed by atoms with van der Waals surface area (Å²) in [7, 11) is 0. The Morgan fingerprint density at radius 2 is 1.96 bits per heavy atom. The Morgan fingerprint density at radius 1 is 1.22 bits per heavy atom. The predicted molar refractivity (Wildman–Crippen MR) is 98.5 cm³/mol. The van der Waals surface area contributed by atoms with Crippen LogP contribution in [0.1, 0.15) is 16.8 Å². The van der Waals surface area contributed by atoms with Gasteiger partial charge in [-0.2, -0.15) is 18.4 Å². The number of alkyl halides is 3. The first-order valence-corrected chi connectivity index (χ1v) is 9.01. The Bertz CT molecular complexity index is 861. The Hall–Kier alpha value is -2.31. The number of rotatable bonds is 4. The molecule has 0 radical (unpaired) electrons. The molecular weight excluding hydrogens is 425 g/mol. The summed E-state index contributed by atoms with van der Waals surface area (Å²) in [6.07, 6.45) is -4.57. The molecule has 1 aromatic heterocycles. The maximum atomic E-state index is 12.9. The number of ether oxygens (including phenoxy) is 1. The van der Waals surface area contributed by atoms with Gasteiger partial charge in [-0.15, -0.1) is 0 Å². The van der Waals surface area contributed by atoms with E-state index in [4.69, 9.17) is 10.00 Å². The summed E-state index contributed by atoms with van der Waals surface area (Å²) >= 11 is 3.45. The number of pyridine rings is 1. The van der Waals surface area contributed by atoms with Crippen molar-refractivity contribution in [1.29, 1.82) is 5.26 Å². The Labute approximate surface area is 162 Å². The second-order valence-corrected chi connectivity index (χ2v) is 6.84. The van der Waals surface area contributed by atoms with Crippen LogP contribution in [0.5, 0.6) is 0 Å². The third-order valence-electron chi connectivity index (χ3n) is 4.15. The Kier molecular flexibility index (Phi) is 5.87. The van der Waals surface area contributed by atoms with E-state index in [-0.39, 0.29) is 17.9 Å². The van der Waals surface area contributed by atoms with Gasteiger partial charge in [0.15, 0.2) is 0 Å². The molecule has 5 nitrogen and oxygen atoms in total. The molecule has 0 unspecified atom stereocenters. The van der Waals surface area contributed by atoms with Gasteiger partial charge in [0, 0.05) is 29.8 Å². The molecule has 0 amide bonds. The molecule has 2 aromatic rings. The molecule has 1 aliphatic heterocycles. The number of hydrogen-bond acceptors (Lipinski definition) is 5. The molecule has 1 aromatic carbocycles. The predicted octanol–water partition coefficient (Wildman–Crippen LogP) is 4.18. The van der Waals surface area contributed by atoms with Gasteiger partial charge in [-0.25, -0.2) is 4.98 Å². The highest BCUT2D eigenvalue weighted by Gasteiger charge is 2.33. The summed E-state index contributed by atoms with van der Waals surface area (Å²) in [6.45, 7) is 2.94. The molecule has 1 fully saturated rings. The average Bonchev–Trinajstić information content (AvgIpc) is 2.66. The number of nitrogens with one attached hydrogen (secondary N) is 1. The number of nitrogens with zero attached hydrogens (tertiary/aromatic N) is 3. The smallest absolute Gasteiger partial charge is 0.378 e. The van der Waals surface area contributed by atoms with Crippen LogP contribution in [0, 0.1) is 11.3 Å². The molecule has 0 atom stereocenters. The van der Waals surface area contributed by atoms with Gasteiger partial charge in [0.1, 0.15) is 17.6 Å². The summed E-state index contributed by atoms with van der Waals surface area (Å²) in [6, 6.07) is 9.53. The zero-order valence-electron chi connectivity index (χ0n) is 14.2. The molecule has 9 heteroatoms. The number of morpholine rings is 1. The normalized spacial score (nSPS) is 14.7. The number of hydrogen-bond donors (Lipinski definition) is 1. The van der Waals surface area contributed by atoms with Crippen LogP contribution in [0.2, 0.25) is 0 Å². The highest BCUT2D eigenvalue weighted by Crippen LogP contribution is 2.30. The maximum absolute atomic E-state index is 12.9. The molecule has 2 heterocycles. The van der Waals surface area contributed by atoms with E-state index >= 15 is 0 Å². The molecule has 0 spiro atoms. The monoisotopic (exact) mass is 440 g/mol. The first-order valence-electron chi connectivity index (χ1n) is 8.22. The van der Waals surface area contributed by atoms with Crippen LogP contribution in [0.15, 0.2) is 34.8 Å². The zero-order chi connectivity index (χ0) is 19.4. The first-order chi connectivity index (χ1) is 12.9. The molecule has 1 saturated heterocycles. The highest BCUT2D eigenvalue weighted by atomic mass is 79.9. The molecule has 3 rings (SSSR count). The largest absolute Gasteiger partial charge is 0.433 e. The van der Waals surface area contributed by atoms with E-state index in [9.17, 15) is 13.2 Å². The van der Waals surface area contributed by atoms with Crippen LogP contribution >= 0.6 is 15.9 Å². The summed E-state index contributed by atoms with van der Waals surface area (Å²) in [5, 5.41) is 12.0. The van der Waals surface area contributed by atoms with E-state index < -0.39 is 11.9 Å². The van der Waals surface area contributed by atoms with Crippen molar-refractivity contribution in [2.24, 2.45) is 0 Å². The lowest BCUT2D eigenvalue weighted by atomic mass is 10.1. The molecule has 142 valence electrons. The lowest BCUT2D eigenvalue weighted by Crippen LogP contribution is -2.37. The van der Waals surface area contributed by atoms with Gasteiger partial charge in [-0.3, -0.25) is 0 Å². The molecule has 0 bridgehead atoms. The fraction of sp³-hybridized carbons (Fsp3) is 0.333. The van der Waals surface area contributed by atoms with E-state index in [1.165, 1.54) is 0 Å². The van der Waals surface area contributed by atoms with Gasteiger partial charge >= 0.3 is 6.18 Å². The molecule has 1 aliphatic rings. The Morgan fingerprint density at radius 3 is 2.63 bits per heavy atom. The van der Waals surface area contributed by atoms with Crippen molar-refractivity contribution in [1.82, 2.24) is 4.98 Å². The lowest BCUT2D eigenvalue weighted by molar-refractivity contribution is -0.141. The fourth-order valence-corrected chi connectivity index (χ4v) is 3.16. The van der Waals surface area contributed by atoms with Crippen LogP contribution in [0.4, 0.5) is 24.7 Å². The third-order valence-corrected chi connectivity index (χ3v) is 4.64. The quantitative estimate of drug-likeness (QED) is 0.772. The first kappa shape index (κ1) is 19.5. The van der Waals surface area contributed by atoms with Gasteiger partial charge < -0.3 is 15.0 Å². The van der Waals surface area contributed by atoms with Crippen molar-refractivity contribution in [3.8, 4) is 6.07 Å². The van der Waals surface area contributed by atoms with Gasteiger partial charge in [-0.05, 0) is 29.8 Å². The number of nitriles is 1. The topological polar surface area (TPSA) is 61.2 Å². The van der Waals surface area contributed by atoms with E-state index in [2.05, 4.69) is 31.1 Å². The maximum Gasteiger partial charge on any atom is 0.433 e. The number of benzene rings is 1. The van der Waals surface area contributed by atoms with Crippen molar-refractivity contribution in [3.63, 3.8) is 0 Å². The van der Waals surface area contributed by atoms with Crippen molar-refractivity contribution in [2.45, 2.75) is 12.7 Å². The number of halogens is 4. The van der Waals surface area contributed by atoms with E-state index in [0.29, 0.717) is 13.2 Å². The van der Waals surface area contributed by atoms with E-state index in [1.807, 2.05) is 24.3 Å². The zero-order valence-corrected chi connectivity index (χ0v) is 15.8. The molecule has 1 N–H and O–H groups in total. The van der Waals surface area contributed by atoms with Gasteiger partial charge in [0.2, 0.25) is 0 Å². The van der Waals surface area contributed by atoms with E-state index in [1.54, 1.807) is 0 Å². The Balaban J connectivity index is 1.86. The van der Waals surface area contributed by atoms with Crippen molar-refractivity contribution in [2.75, 3.05) is 36.5 Å². The highest BCUT2D eigenvalue weighted by molar-refractivity contribution is 9.10. The standard InChI is InChI=1S/C18H16BrF3N4O/c19-14-3-1-13(15(9-14)26-5-7-27-8-6-26)11-24-17-12(10-23)2-4-16(25-17)18(20,21)22/h1-4,9H,5-8,11H2,(H,24,25). The summed E-state index contributed by atoms with van der Waals surface area (Å²) in [5.74, 6) is -0.0804. The average molecular weight is 441 g/mol. The van der Waals surface area contributed by atoms with Crippen molar-refractivity contribution >= 4 is 27.4 Å². The minimum Gasteiger partial charge on any atom is -0.378 e. The van der Waals surface area contributed by atoms with Gasteiger partial charge in [-0.1, -0.05) is 22.0 Å². The molecular formula is C18H16BrF3N4O. The summed E-state index contributed by atoms with van der Waals surface area (Å²) < 4.78 is 45.0. The van der Waals surface area contributed by atoms with Crippen LogP contribution in [0.3, 0.4) is 0 Å². The second-order valence-electron chi connectivity index (χ2n) is 5.93. The number of aromatic nitrogens is 1.